The predicted octanol–water partition coefficient (Wildman–Crippen LogP) is 4.63. The molecule has 1 aromatic heterocycles. The third-order valence-electron chi connectivity index (χ3n) is 10.4. The monoisotopic (exact) mass is 622 g/mol. The summed E-state index contributed by atoms with van der Waals surface area (Å²) in [6.07, 6.45) is 6.71. The molecule has 0 unspecified atom stereocenters. The number of rotatable bonds is 3. The van der Waals surface area contributed by atoms with Gasteiger partial charge in [-0.15, -0.1) is 0 Å². The highest BCUT2D eigenvalue weighted by Gasteiger charge is 2.51. The zero-order valence-electron chi connectivity index (χ0n) is 26.9. The van der Waals surface area contributed by atoms with E-state index in [2.05, 4.69) is 5.32 Å². The average molecular weight is 623 g/mol. The number of fused-ring (bicyclic) bond motifs is 5. The second-order valence-corrected chi connectivity index (χ2v) is 13.6. The van der Waals surface area contributed by atoms with Crippen molar-refractivity contribution >= 4 is 28.8 Å². The fraction of sp³-hybridized carbons (Fsp3) is 0.676. The van der Waals surface area contributed by atoms with Gasteiger partial charge < -0.3 is 29.2 Å². The molecule has 45 heavy (non-hydrogen) atoms. The minimum absolute atomic E-state index is 0.117. The lowest BCUT2D eigenvalue weighted by Gasteiger charge is -2.41. The van der Waals surface area contributed by atoms with E-state index in [9.17, 15) is 14.4 Å². The van der Waals surface area contributed by atoms with Crippen molar-refractivity contribution in [2.24, 2.45) is 17.3 Å². The zero-order chi connectivity index (χ0) is 31.7. The maximum atomic E-state index is 14.5. The molecule has 11 heteroatoms. The van der Waals surface area contributed by atoms with Gasteiger partial charge >= 0.3 is 6.09 Å². The number of ketones is 1. The van der Waals surface area contributed by atoms with Crippen LogP contribution in [0.2, 0.25) is 0 Å². The number of hydrogen-bond acceptors (Lipinski definition) is 9. The number of carbonyl (C=O) groups is 3. The van der Waals surface area contributed by atoms with E-state index in [1.807, 2.05) is 32.0 Å². The fourth-order valence-corrected chi connectivity index (χ4v) is 7.34. The molecule has 1 aliphatic carbocycles. The van der Waals surface area contributed by atoms with Gasteiger partial charge in [-0.25, -0.2) is 14.8 Å². The van der Waals surface area contributed by atoms with Crippen molar-refractivity contribution in [3.8, 4) is 11.6 Å². The van der Waals surface area contributed by atoms with Crippen LogP contribution in [0.25, 0.3) is 11.0 Å². The molecule has 2 amide bonds. The van der Waals surface area contributed by atoms with Crippen LogP contribution in [-0.2, 0) is 25.5 Å². The van der Waals surface area contributed by atoms with Crippen molar-refractivity contribution in [1.82, 2.24) is 20.2 Å². The summed E-state index contributed by atoms with van der Waals surface area (Å²) in [6, 6.07) is 4.03. The maximum Gasteiger partial charge on any atom is 0.408 e. The molecule has 4 aliphatic rings. The molecule has 1 saturated carbocycles. The van der Waals surface area contributed by atoms with E-state index in [4.69, 9.17) is 28.9 Å². The van der Waals surface area contributed by atoms with Gasteiger partial charge in [-0.2, -0.15) is 0 Å². The Bertz CT molecular complexity index is 1430. The van der Waals surface area contributed by atoms with E-state index in [-0.39, 0.29) is 30.3 Å². The number of methoxy groups -OCH3 is 1. The predicted molar refractivity (Wildman–Crippen MR) is 166 cm³/mol. The first-order valence-corrected chi connectivity index (χ1v) is 16.5. The number of ether oxygens (including phenoxy) is 4. The van der Waals surface area contributed by atoms with E-state index < -0.39 is 29.7 Å². The van der Waals surface area contributed by atoms with Crippen LogP contribution in [0, 0.1) is 17.3 Å². The molecule has 11 nitrogen and oxygen atoms in total. The molecular formula is C34H46N4O7. The van der Waals surface area contributed by atoms with Crippen LogP contribution in [-0.4, -0.2) is 83.8 Å². The second kappa shape index (κ2) is 13.1. The first-order chi connectivity index (χ1) is 21.7. The van der Waals surface area contributed by atoms with Crippen LogP contribution < -0.4 is 14.8 Å². The molecule has 6 rings (SSSR count). The Morgan fingerprint density at radius 3 is 2.58 bits per heavy atom. The summed E-state index contributed by atoms with van der Waals surface area (Å²) in [7, 11) is 1.61. The smallest absolute Gasteiger partial charge is 0.408 e. The van der Waals surface area contributed by atoms with Gasteiger partial charge in [0.05, 0.1) is 30.7 Å². The summed E-state index contributed by atoms with van der Waals surface area (Å²) in [4.78, 5) is 52.3. The van der Waals surface area contributed by atoms with Crippen molar-refractivity contribution in [3.05, 3.63) is 23.9 Å². The summed E-state index contributed by atoms with van der Waals surface area (Å²) in [5.74, 6) is 0.725. The number of aromatic nitrogens is 2. The summed E-state index contributed by atoms with van der Waals surface area (Å²) in [5, 5.41) is 2.96. The van der Waals surface area contributed by atoms with E-state index in [0.29, 0.717) is 55.5 Å². The average Bonchev–Trinajstić information content (AvgIpc) is 3.67. The van der Waals surface area contributed by atoms with Gasteiger partial charge in [0.15, 0.2) is 5.78 Å². The summed E-state index contributed by atoms with van der Waals surface area (Å²) < 4.78 is 23.5. The largest absolute Gasteiger partial charge is 0.497 e. The van der Waals surface area contributed by atoms with Gasteiger partial charge in [-0.3, -0.25) is 9.59 Å². The molecule has 244 valence electrons. The van der Waals surface area contributed by atoms with Crippen LogP contribution >= 0.6 is 0 Å². The van der Waals surface area contributed by atoms with Crippen LogP contribution in [0.3, 0.4) is 0 Å². The van der Waals surface area contributed by atoms with E-state index in [1.165, 1.54) is 6.92 Å². The normalized spacial score (nSPS) is 30.8. The molecule has 0 spiro atoms. The summed E-state index contributed by atoms with van der Waals surface area (Å²) in [6.45, 7) is 6.63. The molecule has 2 saturated heterocycles. The van der Waals surface area contributed by atoms with E-state index >= 15 is 0 Å². The van der Waals surface area contributed by atoms with Gasteiger partial charge in [0.1, 0.15) is 29.7 Å². The minimum Gasteiger partial charge on any atom is -0.497 e. The first-order valence-electron chi connectivity index (χ1n) is 16.5. The minimum atomic E-state index is -0.871. The lowest BCUT2D eigenvalue weighted by atomic mass is 9.75. The molecule has 1 N–H and O–H groups in total. The highest BCUT2D eigenvalue weighted by molar-refractivity contribution is 5.92. The van der Waals surface area contributed by atoms with Crippen molar-refractivity contribution in [2.45, 2.75) is 103 Å². The van der Waals surface area contributed by atoms with Crippen molar-refractivity contribution in [3.63, 3.8) is 0 Å². The SMILES string of the molecule is COc1ccc2nc3c(nc2c1)O[C@H]1CN(C(=O)[C@H](C2(C)CCOCC2)NC(=O)O[C@@H]2C[C@H]2CCCCCC3)[C@H](C(C)=O)[C@@H]1C. The number of alkyl carbamates (subject to hydrolysis) is 1. The lowest BCUT2D eigenvalue weighted by molar-refractivity contribution is -0.143. The number of hydrogen-bond donors (Lipinski definition) is 1. The highest BCUT2D eigenvalue weighted by atomic mass is 16.6. The molecule has 6 atom stereocenters. The molecule has 2 bridgehead atoms. The van der Waals surface area contributed by atoms with E-state index in [1.54, 1.807) is 12.0 Å². The lowest BCUT2D eigenvalue weighted by Crippen LogP contribution is -2.59. The van der Waals surface area contributed by atoms with E-state index in [0.717, 1.165) is 49.7 Å². The maximum absolute atomic E-state index is 14.5. The van der Waals surface area contributed by atoms with Gasteiger partial charge in [0.2, 0.25) is 11.8 Å². The number of nitrogens with one attached hydrogen (secondary N) is 1. The molecular weight excluding hydrogens is 576 g/mol. The Balaban J connectivity index is 1.35. The Morgan fingerprint density at radius 1 is 1.04 bits per heavy atom. The Morgan fingerprint density at radius 2 is 1.82 bits per heavy atom. The molecule has 0 radical (unpaired) electrons. The Kier molecular flexibility index (Phi) is 9.17. The van der Waals surface area contributed by atoms with Crippen molar-refractivity contribution < 1.29 is 33.3 Å². The standard InChI is InChI=1S/C34H46N4O7/c1-20-28-19-38(29(20)21(2)39)32(40)30(34(3)13-15-43-16-14-34)37-33(41)45-27-17-22(27)9-7-5-6-8-10-25-31(44-28)36-26-18-23(42-4)11-12-24(26)35-25/h11-12,18,20,22,27-30H,5-10,13-17,19H2,1-4H3,(H,37,41)/t20-,22-,27-,28+,29+,30-/m1/s1. The van der Waals surface area contributed by atoms with Crippen molar-refractivity contribution in [1.29, 1.82) is 0 Å². The Hall–Kier alpha value is -3.47. The second-order valence-electron chi connectivity index (χ2n) is 13.6. The van der Waals surface area contributed by atoms with Crippen LogP contribution in [0.1, 0.15) is 77.8 Å². The highest BCUT2D eigenvalue weighted by Crippen LogP contribution is 2.40. The summed E-state index contributed by atoms with van der Waals surface area (Å²) in [5.41, 5.74) is 1.63. The van der Waals surface area contributed by atoms with Gasteiger partial charge in [-0.05, 0) is 63.5 Å². The van der Waals surface area contributed by atoms with Crippen LogP contribution in [0.5, 0.6) is 11.6 Å². The van der Waals surface area contributed by atoms with Crippen LogP contribution in [0.15, 0.2) is 18.2 Å². The zero-order valence-corrected chi connectivity index (χ0v) is 26.9. The first kappa shape index (κ1) is 31.5. The third-order valence-corrected chi connectivity index (χ3v) is 10.4. The van der Waals surface area contributed by atoms with Crippen LogP contribution in [0.4, 0.5) is 4.79 Å². The number of aryl methyl sites for hydroxylation is 1. The summed E-state index contributed by atoms with van der Waals surface area (Å²) >= 11 is 0. The van der Waals surface area contributed by atoms with Gasteiger partial charge in [0, 0.05) is 30.6 Å². The van der Waals surface area contributed by atoms with Crippen molar-refractivity contribution in [2.75, 3.05) is 26.9 Å². The number of amides is 2. The molecule has 4 heterocycles. The fourth-order valence-electron chi connectivity index (χ4n) is 7.34. The topological polar surface area (TPSA) is 129 Å². The van der Waals surface area contributed by atoms with Gasteiger partial charge in [0.25, 0.3) is 0 Å². The number of Topliss-reactive ketones (excluding diaryl/α,β-unsaturated/α-hetero) is 1. The molecule has 1 aromatic carbocycles. The quantitative estimate of drug-likeness (QED) is 0.521. The van der Waals surface area contributed by atoms with Gasteiger partial charge in [-0.1, -0.05) is 33.1 Å². The number of benzene rings is 1. The number of carbonyl (C=O) groups excluding carboxylic acids is 3. The number of nitrogens with zero attached hydrogens (tertiary/aromatic N) is 3. The molecule has 3 fully saturated rings. The third kappa shape index (κ3) is 6.73. The Labute approximate surface area is 264 Å². The molecule has 2 aromatic rings. The molecule has 3 aliphatic heterocycles.